The molecule has 3 aromatic carbocycles. The Hall–Kier alpha value is -2.91. The van der Waals surface area contributed by atoms with Crippen molar-refractivity contribution >= 4 is 27.5 Å². The van der Waals surface area contributed by atoms with Gasteiger partial charge in [-0.05, 0) is 111 Å². The minimum Gasteiger partial charge on any atom is -0.497 e. The average Bonchev–Trinajstić information content (AvgIpc) is 3.01. The van der Waals surface area contributed by atoms with Gasteiger partial charge in [0.05, 0.1) is 18.0 Å². The van der Waals surface area contributed by atoms with E-state index in [1.165, 1.54) is 9.87 Å². The molecule has 0 saturated heterocycles. The first kappa shape index (κ1) is 31.5. The summed E-state index contributed by atoms with van der Waals surface area (Å²) < 4.78 is 34.3. The Morgan fingerprint density at radius 3 is 2.33 bits per heavy atom. The molecule has 1 fully saturated rings. The predicted molar refractivity (Wildman–Crippen MR) is 171 cm³/mol. The summed E-state index contributed by atoms with van der Waals surface area (Å²) in [4.78, 5) is 15.9. The summed E-state index contributed by atoms with van der Waals surface area (Å²) in [6, 6.07) is 22.2. The smallest absolute Gasteiger partial charge is 0.243 e. The monoisotopic (exact) mass is 623 g/mol. The van der Waals surface area contributed by atoms with Crippen LogP contribution in [-0.2, 0) is 21.2 Å². The van der Waals surface area contributed by atoms with E-state index in [9.17, 15) is 13.2 Å². The van der Waals surface area contributed by atoms with Crippen LogP contribution in [-0.4, -0.2) is 57.8 Å². The van der Waals surface area contributed by atoms with E-state index in [0.29, 0.717) is 43.1 Å². The Morgan fingerprint density at radius 2 is 1.67 bits per heavy atom. The van der Waals surface area contributed by atoms with E-state index in [1.54, 1.807) is 31.4 Å². The topological polar surface area (TPSA) is 79.0 Å². The normalized spacial score (nSPS) is 21.7. The highest BCUT2D eigenvalue weighted by atomic mass is 35.5. The molecule has 1 N–H and O–H groups in total. The fourth-order valence-electron chi connectivity index (χ4n) is 6.88. The predicted octanol–water partition coefficient (Wildman–Crippen LogP) is 6.25. The zero-order valence-electron chi connectivity index (χ0n) is 25.2. The third-order valence-corrected chi connectivity index (χ3v) is 11.3. The average molecular weight is 624 g/mol. The summed E-state index contributed by atoms with van der Waals surface area (Å²) in [5.41, 5.74) is 3.28. The van der Waals surface area contributed by atoms with Crippen molar-refractivity contribution in [2.75, 3.05) is 34.3 Å². The van der Waals surface area contributed by atoms with Crippen molar-refractivity contribution in [1.29, 1.82) is 0 Å². The number of nitrogens with zero attached hydrogens (tertiary/aromatic N) is 2. The Labute approximate surface area is 261 Å². The van der Waals surface area contributed by atoms with Crippen molar-refractivity contribution in [1.82, 2.24) is 14.5 Å². The third-order valence-electron chi connectivity index (χ3n) is 9.10. The quantitative estimate of drug-likeness (QED) is 0.289. The van der Waals surface area contributed by atoms with Gasteiger partial charge in [-0.2, -0.15) is 4.31 Å². The molecule has 2 unspecified atom stereocenters. The second-order valence-electron chi connectivity index (χ2n) is 12.0. The molecule has 230 valence electrons. The number of carbonyl (C=O) groups is 1. The number of methoxy groups -OCH3 is 1. The molecule has 0 aromatic heterocycles. The fraction of sp³-hybridized carbons (Fsp3) is 0.441. The largest absolute Gasteiger partial charge is 0.497 e. The number of halogens is 1. The number of benzene rings is 3. The van der Waals surface area contributed by atoms with Crippen molar-refractivity contribution in [2.45, 2.75) is 55.5 Å². The minimum atomic E-state index is -3.82. The van der Waals surface area contributed by atoms with Gasteiger partial charge in [-0.1, -0.05) is 48.0 Å². The molecular formula is C34H42ClN3O4S. The SMILES string of the molecule is COc1ccc(S(=O)(=O)N2CCc3ccccc3C2CC(=O)NCC2CCC(C(c3ccc(Cl)cc3)N(C)C)CC2)cc1. The first-order valence-electron chi connectivity index (χ1n) is 15.1. The molecule has 1 saturated carbocycles. The second-order valence-corrected chi connectivity index (χ2v) is 14.3. The highest BCUT2D eigenvalue weighted by Crippen LogP contribution is 2.40. The summed E-state index contributed by atoms with van der Waals surface area (Å²) in [6.07, 6.45) is 4.98. The van der Waals surface area contributed by atoms with Gasteiger partial charge in [-0.3, -0.25) is 4.79 Å². The van der Waals surface area contributed by atoms with Crippen LogP contribution in [0.25, 0.3) is 0 Å². The number of hydrogen-bond donors (Lipinski definition) is 1. The molecule has 7 nitrogen and oxygen atoms in total. The first-order chi connectivity index (χ1) is 20.7. The second kappa shape index (κ2) is 13.8. The van der Waals surface area contributed by atoms with Crippen LogP contribution in [0.5, 0.6) is 5.75 Å². The Morgan fingerprint density at radius 1 is 1.00 bits per heavy atom. The van der Waals surface area contributed by atoms with Crippen molar-refractivity contribution in [3.8, 4) is 5.75 Å². The molecule has 2 atom stereocenters. The van der Waals surface area contributed by atoms with Crippen molar-refractivity contribution in [3.05, 3.63) is 94.5 Å². The molecule has 1 aliphatic carbocycles. The van der Waals surface area contributed by atoms with Crippen LogP contribution < -0.4 is 10.1 Å². The molecule has 1 aliphatic heterocycles. The first-order valence-corrected chi connectivity index (χ1v) is 16.9. The highest BCUT2D eigenvalue weighted by Gasteiger charge is 2.38. The van der Waals surface area contributed by atoms with Crippen LogP contribution in [0, 0.1) is 11.8 Å². The standard InChI is InChI=1S/C34H42ClN3O4S/c1-37(2)34(27-12-14-28(35)15-13-27)26-10-8-24(9-11-26)23-36-33(39)22-32-31-7-5-4-6-25(31)20-21-38(32)43(40,41)30-18-16-29(42-3)17-19-30/h4-7,12-19,24,26,32,34H,8-11,20-23H2,1-3H3,(H,36,39). The molecule has 2 aliphatic rings. The third kappa shape index (κ3) is 7.26. The van der Waals surface area contributed by atoms with Crippen molar-refractivity contribution in [2.24, 2.45) is 11.8 Å². The van der Waals surface area contributed by atoms with Gasteiger partial charge in [0.2, 0.25) is 15.9 Å². The molecule has 1 heterocycles. The van der Waals surface area contributed by atoms with Crippen LogP contribution in [0.3, 0.4) is 0 Å². The zero-order chi connectivity index (χ0) is 30.6. The lowest BCUT2D eigenvalue weighted by Gasteiger charge is -2.38. The number of fused-ring (bicyclic) bond motifs is 1. The van der Waals surface area contributed by atoms with Crippen LogP contribution >= 0.6 is 11.6 Å². The van der Waals surface area contributed by atoms with Crippen LogP contribution in [0.4, 0.5) is 0 Å². The maximum atomic E-state index is 13.8. The van der Waals surface area contributed by atoms with E-state index >= 15 is 0 Å². The molecule has 9 heteroatoms. The lowest BCUT2D eigenvalue weighted by atomic mass is 9.76. The molecule has 0 spiro atoms. The van der Waals surface area contributed by atoms with Gasteiger partial charge in [-0.15, -0.1) is 0 Å². The van der Waals surface area contributed by atoms with Crippen molar-refractivity contribution < 1.29 is 17.9 Å². The van der Waals surface area contributed by atoms with E-state index in [1.807, 2.05) is 36.4 Å². The molecule has 3 aromatic rings. The number of rotatable bonds is 10. The Balaban J connectivity index is 1.22. The van der Waals surface area contributed by atoms with Gasteiger partial charge >= 0.3 is 0 Å². The van der Waals surface area contributed by atoms with Gasteiger partial charge in [0.25, 0.3) is 0 Å². The summed E-state index contributed by atoms with van der Waals surface area (Å²) in [5, 5.41) is 3.91. The van der Waals surface area contributed by atoms with Gasteiger partial charge in [0, 0.05) is 30.6 Å². The van der Waals surface area contributed by atoms with Gasteiger partial charge < -0.3 is 15.0 Å². The maximum Gasteiger partial charge on any atom is 0.243 e. The summed E-state index contributed by atoms with van der Waals surface area (Å²) in [6.45, 7) is 0.937. The number of carbonyl (C=O) groups excluding carboxylic acids is 1. The lowest BCUT2D eigenvalue weighted by molar-refractivity contribution is -0.122. The van der Waals surface area contributed by atoms with E-state index in [4.69, 9.17) is 16.3 Å². The Kier molecular flexibility index (Phi) is 10.1. The van der Waals surface area contributed by atoms with Crippen LogP contribution in [0.15, 0.2) is 77.7 Å². The van der Waals surface area contributed by atoms with Crippen LogP contribution in [0.1, 0.15) is 60.9 Å². The molecular weight excluding hydrogens is 582 g/mol. The van der Waals surface area contributed by atoms with Crippen molar-refractivity contribution in [3.63, 3.8) is 0 Å². The van der Waals surface area contributed by atoms with Gasteiger partial charge in [0.15, 0.2) is 0 Å². The molecule has 43 heavy (non-hydrogen) atoms. The molecule has 5 rings (SSSR count). The van der Waals surface area contributed by atoms with E-state index in [-0.39, 0.29) is 17.2 Å². The maximum absolute atomic E-state index is 13.8. The number of nitrogens with one attached hydrogen (secondary N) is 1. The number of amides is 1. The van der Waals surface area contributed by atoms with Gasteiger partial charge in [-0.25, -0.2) is 8.42 Å². The summed E-state index contributed by atoms with van der Waals surface area (Å²) >= 11 is 6.13. The van der Waals surface area contributed by atoms with E-state index < -0.39 is 16.1 Å². The minimum absolute atomic E-state index is 0.0843. The summed E-state index contributed by atoms with van der Waals surface area (Å²) in [5.74, 6) is 1.42. The molecule has 0 bridgehead atoms. The number of sulfonamides is 1. The Bertz CT molecular complexity index is 1490. The number of hydrogen-bond acceptors (Lipinski definition) is 5. The van der Waals surface area contributed by atoms with E-state index in [2.05, 4.69) is 36.4 Å². The highest BCUT2D eigenvalue weighted by molar-refractivity contribution is 7.89. The van der Waals surface area contributed by atoms with Crippen LogP contribution in [0.2, 0.25) is 5.02 Å². The summed E-state index contributed by atoms with van der Waals surface area (Å²) in [7, 11) is 1.99. The van der Waals surface area contributed by atoms with E-state index in [0.717, 1.165) is 41.8 Å². The lowest BCUT2D eigenvalue weighted by Crippen LogP contribution is -2.42. The van der Waals surface area contributed by atoms with Gasteiger partial charge in [0.1, 0.15) is 5.75 Å². The fourth-order valence-corrected chi connectivity index (χ4v) is 8.61. The number of ether oxygens (including phenoxy) is 1. The molecule has 0 radical (unpaired) electrons. The zero-order valence-corrected chi connectivity index (χ0v) is 26.8. The molecule has 1 amide bonds.